The Bertz CT molecular complexity index is 1340. The number of ketones is 1. The maximum absolute atomic E-state index is 13.5. The smallest absolute Gasteiger partial charge is 0.300 e. The van der Waals surface area contributed by atoms with Crippen molar-refractivity contribution in [3.05, 3.63) is 94.3 Å². The van der Waals surface area contributed by atoms with E-state index in [0.29, 0.717) is 22.6 Å². The molecule has 1 amide bonds. The lowest BCUT2D eigenvalue weighted by Crippen LogP contribution is -2.30. The van der Waals surface area contributed by atoms with Gasteiger partial charge in [0.25, 0.3) is 11.7 Å². The van der Waals surface area contributed by atoms with E-state index in [2.05, 4.69) is 25.8 Å². The van der Waals surface area contributed by atoms with Crippen LogP contribution in [0.2, 0.25) is 0 Å². The van der Waals surface area contributed by atoms with Crippen LogP contribution in [0.15, 0.2) is 66.5 Å². The molecule has 1 unspecified atom stereocenters. The fraction of sp³-hybridized carbons (Fsp3) is 0.276. The Kier molecular flexibility index (Phi) is 6.24. The number of aryl methyl sites for hydroxylation is 2. The zero-order valence-corrected chi connectivity index (χ0v) is 20.9. The van der Waals surface area contributed by atoms with Crippen molar-refractivity contribution in [2.45, 2.75) is 46.1 Å². The first-order valence-electron chi connectivity index (χ1n) is 11.5. The van der Waals surface area contributed by atoms with Crippen molar-refractivity contribution in [3.8, 4) is 5.75 Å². The van der Waals surface area contributed by atoms with Crippen LogP contribution in [0.4, 0.5) is 5.69 Å². The van der Waals surface area contributed by atoms with Gasteiger partial charge in [-0.25, -0.2) is 0 Å². The minimum Gasteiger partial charge on any atom is -0.507 e. The molecule has 1 aromatic heterocycles. The number of anilines is 1. The number of ether oxygens (including phenoxy) is 1. The summed E-state index contributed by atoms with van der Waals surface area (Å²) in [6.45, 7) is 10.0. The molecule has 4 rings (SSSR count). The number of rotatable bonds is 4. The molecule has 0 saturated carbocycles. The number of hydrogen-bond donors (Lipinski definition) is 1. The number of aliphatic hydroxyl groups is 1. The molecule has 2 aromatic carbocycles. The van der Waals surface area contributed by atoms with Crippen LogP contribution in [0.3, 0.4) is 0 Å². The van der Waals surface area contributed by atoms with Crippen molar-refractivity contribution >= 4 is 23.1 Å². The van der Waals surface area contributed by atoms with Crippen molar-refractivity contribution < 1.29 is 19.4 Å². The van der Waals surface area contributed by atoms with E-state index in [0.717, 1.165) is 16.7 Å². The molecular formula is C29H30N2O4. The highest BCUT2D eigenvalue weighted by atomic mass is 16.5. The maximum Gasteiger partial charge on any atom is 0.300 e. The van der Waals surface area contributed by atoms with E-state index in [1.807, 2.05) is 44.2 Å². The lowest BCUT2D eigenvalue weighted by Gasteiger charge is -2.27. The first kappa shape index (κ1) is 24.2. The van der Waals surface area contributed by atoms with Crippen molar-refractivity contribution in [3.63, 3.8) is 0 Å². The van der Waals surface area contributed by atoms with Gasteiger partial charge in [-0.05, 0) is 71.8 Å². The van der Waals surface area contributed by atoms with E-state index in [1.54, 1.807) is 30.6 Å². The first-order valence-corrected chi connectivity index (χ1v) is 11.5. The maximum atomic E-state index is 13.5. The molecule has 3 aromatic rings. The number of amides is 1. The standard InChI is InChI=1S/C29H30N2O4/c1-17-7-8-18(2)22(15-17)31-25(19-11-13-30-14-12-19)24(27(33)28(31)34)26(32)21-16-20(29(3,4)5)9-10-23(21)35-6/h7-16,25,32H,1-6H3/b26-24+. The SMILES string of the molecule is COc1ccc(C(C)(C)C)cc1/C(O)=C1\C(=O)C(=O)N(c2cc(C)ccc2C)C1c1ccncc1. The lowest BCUT2D eigenvalue weighted by atomic mass is 9.85. The van der Waals surface area contributed by atoms with Gasteiger partial charge in [-0.1, -0.05) is 39.0 Å². The fourth-order valence-electron chi connectivity index (χ4n) is 4.43. The quantitative estimate of drug-likeness (QED) is 0.304. The van der Waals surface area contributed by atoms with Crippen LogP contribution in [0.1, 0.15) is 54.6 Å². The van der Waals surface area contributed by atoms with E-state index in [4.69, 9.17) is 4.74 Å². The molecule has 1 atom stereocenters. The van der Waals surface area contributed by atoms with Gasteiger partial charge in [-0.2, -0.15) is 0 Å². The molecule has 0 radical (unpaired) electrons. The van der Waals surface area contributed by atoms with E-state index in [1.165, 1.54) is 12.0 Å². The van der Waals surface area contributed by atoms with Gasteiger partial charge in [0.1, 0.15) is 11.5 Å². The molecule has 180 valence electrons. The number of pyridine rings is 1. The molecule has 0 bridgehead atoms. The minimum atomic E-state index is -0.818. The predicted molar refractivity (Wildman–Crippen MR) is 137 cm³/mol. The summed E-state index contributed by atoms with van der Waals surface area (Å²) in [5, 5.41) is 11.6. The number of nitrogens with zero attached hydrogens (tertiary/aromatic N) is 2. The van der Waals surface area contributed by atoms with Gasteiger partial charge >= 0.3 is 0 Å². The highest BCUT2D eigenvalue weighted by Gasteiger charge is 2.47. The third kappa shape index (κ3) is 4.32. The van der Waals surface area contributed by atoms with Gasteiger partial charge < -0.3 is 9.84 Å². The van der Waals surface area contributed by atoms with E-state index >= 15 is 0 Å². The van der Waals surface area contributed by atoms with Gasteiger partial charge in [0, 0.05) is 18.1 Å². The average Bonchev–Trinajstić information content (AvgIpc) is 3.10. The largest absolute Gasteiger partial charge is 0.507 e. The Balaban J connectivity index is 2.02. The molecule has 35 heavy (non-hydrogen) atoms. The summed E-state index contributed by atoms with van der Waals surface area (Å²) in [4.78, 5) is 32.5. The van der Waals surface area contributed by atoms with Gasteiger partial charge in [0.05, 0.1) is 24.3 Å². The van der Waals surface area contributed by atoms with E-state index in [-0.39, 0.29) is 16.7 Å². The summed E-state index contributed by atoms with van der Waals surface area (Å²) in [6, 6.07) is 14.0. The van der Waals surface area contributed by atoms with Crippen LogP contribution in [-0.2, 0) is 15.0 Å². The molecule has 0 aliphatic carbocycles. The normalized spacial score (nSPS) is 17.7. The second-order valence-corrected chi connectivity index (χ2v) is 9.90. The number of carbonyl (C=O) groups is 2. The van der Waals surface area contributed by atoms with Gasteiger partial charge in [-0.3, -0.25) is 19.5 Å². The van der Waals surface area contributed by atoms with Crippen molar-refractivity contribution in [2.24, 2.45) is 0 Å². The Morgan fingerprint density at radius 2 is 1.69 bits per heavy atom. The Labute approximate surface area is 205 Å². The molecule has 1 aliphatic heterocycles. The Morgan fingerprint density at radius 3 is 2.31 bits per heavy atom. The summed E-state index contributed by atoms with van der Waals surface area (Å²) < 4.78 is 5.53. The van der Waals surface area contributed by atoms with Crippen LogP contribution in [0.5, 0.6) is 5.75 Å². The summed E-state index contributed by atoms with van der Waals surface area (Å²) in [5.74, 6) is -1.27. The number of aromatic nitrogens is 1. The summed E-state index contributed by atoms with van der Waals surface area (Å²) in [7, 11) is 1.51. The second kappa shape index (κ2) is 9.02. The average molecular weight is 471 g/mol. The monoisotopic (exact) mass is 470 g/mol. The van der Waals surface area contributed by atoms with Crippen molar-refractivity contribution in [1.29, 1.82) is 0 Å². The molecule has 6 heteroatoms. The minimum absolute atomic E-state index is 0.0199. The van der Waals surface area contributed by atoms with Crippen LogP contribution in [0.25, 0.3) is 5.76 Å². The highest BCUT2D eigenvalue weighted by molar-refractivity contribution is 6.51. The first-order chi connectivity index (χ1) is 16.5. The van der Waals surface area contributed by atoms with Gasteiger partial charge in [0.2, 0.25) is 0 Å². The number of Topliss-reactive ketones (excluding diaryl/α,β-unsaturated/α-hetero) is 1. The number of aliphatic hydroxyl groups excluding tert-OH is 1. The Morgan fingerprint density at radius 1 is 1.00 bits per heavy atom. The number of methoxy groups -OCH3 is 1. The van der Waals surface area contributed by atoms with Crippen LogP contribution in [-0.4, -0.2) is 28.9 Å². The van der Waals surface area contributed by atoms with E-state index < -0.39 is 17.7 Å². The molecule has 1 fully saturated rings. The van der Waals surface area contributed by atoms with Crippen LogP contribution in [0, 0.1) is 13.8 Å². The summed E-state index contributed by atoms with van der Waals surface area (Å²) >= 11 is 0. The molecule has 1 N–H and O–H groups in total. The van der Waals surface area contributed by atoms with Gasteiger partial charge in [-0.15, -0.1) is 0 Å². The Hall–Kier alpha value is -3.93. The van der Waals surface area contributed by atoms with Gasteiger partial charge in [0.15, 0.2) is 0 Å². The summed E-state index contributed by atoms with van der Waals surface area (Å²) in [5.41, 5.74) is 4.27. The van der Waals surface area contributed by atoms with Crippen LogP contribution < -0.4 is 9.64 Å². The highest BCUT2D eigenvalue weighted by Crippen LogP contribution is 2.44. The number of carbonyl (C=O) groups excluding carboxylic acids is 2. The second-order valence-electron chi connectivity index (χ2n) is 9.90. The molecule has 2 heterocycles. The topological polar surface area (TPSA) is 79.7 Å². The zero-order valence-electron chi connectivity index (χ0n) is 20.9. The third-order valence-electron chi connectivity index (χ3n) is 6.41. The molecule has 1 saturated heterocycles. The van der Waals surface area contributed by atoms with E-state index in [9.17, 15) is 14.7 Å². The number of benzene rings is 2. The number of hydrogen-bond acceptors (Lipinski definition) is 5. The fourth-order valence-corrected chi connectivity index (χ4v) is 4.43. The predicted octanol–water partition coefficient (Wildman–Crippen LogP) is 5.63. The third-order valence-corrected chi connectivity index (χ3v) is 6.41. The van der Waals surface area contributed by atoms with Crippen LogP contribution >= 0.6 is 0 Å². The lowest BCUT2D eigenvalue weighted by molar-refractivity contribution is -0.132. The molecule has 6 nitrogen and oxygen atoms in total. The van der Waals surface area contributed by atoms with Crippen molar-refractivity contribution in [2.75, 3.05) is 12.0 Å². The zero-order chi connectivity index (χ0) is 25.5. The summed E-state index contributed by atoms with van der Waals surface area (Å²) in [6.07, 6.45) is 3.22. The molecular weight excluding hydrogens is 440 g/mol. The molecule has 0 spiro atoms. The molecule has 1 aliphatic rings. The van der Waals surface area contributed by atoms with Crippen molar-refractivity contribution in [1.82, 2.24) is 4.98 Å².